The van der Waals surface area contributed by atoms with Crippen molar-refractivity contribution in [1.29, 1.82) is 5.26 Å². The van der Waals surface area contributed by atoms with Gasteiger partial charge < -0.3 is 9.64 Å². The summed E-state index contributed by atoms with van der Waals surface area (Å²) in [7, 11) is 1.64. The van der Waals surface area contributed by atoms with Crippen molar-refractivity contribution in [1.82, 2.24) is 15.5 Å². The Bertz CT molecular complexity index is 834. The molecule has 6 nitrogen and oxygen atoms in total. The summed E-state index contributed by atoms with van der Waals surface area (Å²) >= 11 is 0. The van der Waals surface area contributed by atoms with Crippen LogP contribution in [0.1, 0.15) is 43.0 Å². The molecule has 0 spiro atoms. The lowest BCUT2D eigenvalue weighted by molar-refractivity contribution is 0.0649. The maximum atomic E-state index is 14.4. The highest BCUT2D eigenvalue weighted by molar-refractivity contribution is 5.40. The van der Waals surface area contributed by atoms with Crippen LogP contribution in [0.15, 0.2) is 30.3 Å². The fourth-order valence-electron chi connectivity index (χ4n) is 3.42. The highest BCUT2D eigenvalue weighted by Gasteiger charge is 2.26. The first-order chi connectivity index (χ1) is 13.5. The molecule has 0 saturated carbocycles. The maximum Gasteiger partial charge on any atom is 0.163 e. The van der Waals surface area contributed by atoms with Gasteiger partial charge in [-0.2, -0.15) is 5.26 Å². The van der Waals surface area contributed by atoms with Crippen molar-refractivity contribution in [2.24, 2.45) is 0 Å². The second-order valence-corrected chi connectivity index (χ2v) is 7.42. The number of nitrogens with zero attached hydrogens (tertiary/aromatic N) is 4. The molecule has 148 valence electrons. The molecule has 0 amide bonds. The fraction of sp³-hybridized carbons (Fsp3) is 0.476. The fourth-order valence-corrected chi connectivity index (χ4v) is 3.42. The van der Waals surface area contributed by atoms with Crippen molar-refractivity contribution < 1.29 is 9.13 Å². The molecule has 1 unspecified atom stereocenters. The Morgan fingerprint density at radius 2 is 2.14 bits per heavy atom. The van der Waals surface area contributed by atoms with E-state index in [0.717, 1.165) is 30.9 Å². The van der Waals surface area contributed by atoms with Gasteiger partial charge >= 0.3 is 0 Å². The molecule has 1 fully saturated rings. The van der Waals surface area contributed by atoms with Gasteiger partial charge in [0.05, 0.1) is 0 Å². The van der Waals surface area contributed by atoms with Crippen LogP contribution in [0.25, 0.3) is 0 Å². The predicted molar refractivity (Wildman–Crippen MR) is 105 cm³/mol. The van der Waals surface area contributed by atoms with E-state index in [1.54, 1.807) is 19.2 Å². The van der Waals surface area contributed by atoms with Crippen LogP contribution < -0.4 is 10.2 Å². The number of rotatable bonds is 7. The first-order valence-corrected chi connectivity index (χ1v) is 9.56. The molecule has 1 aliphatic heterocycles. The van der Waals surface area contributed by atoms with Gasteiger partial charge in [-0.05, 0) is 41.7 Å². The summed E-state index contributed by atoms with van der Waals surface area (Å²) in [4.78, 5) is 2.12. The van der Waals surface area contributed by atoms with Crippen LogP contribution in [-0.4, -0.2) is 42.7 Å². The molecule has 2 atom stereocenters. The van der Waals surface area contributed by atoms with Crippen molar-refractivity contribution in [2.75, 3.05) is 25.1 Å². The summed E-state index contributed by atoms with van der Waals surface area (Å²) in [6.45, 7) is 5.71. The Labute approximate surface area is 165 Å². The van der Waals surface area contributed by atoms with Crippen molar-refractivity contribution in [3.63, 3.8) is 0 Å². The van der Waals surface area contributed by atoms with Gasteiger partial charge in [0.2, 0.25) is 0 Å². The van der Waals surface area contributed by atoms with Gasteiger partial charge in [0.1, 0.15) is 18.1 Å². The molecule has 1 saturated heterocycles. The van der Waals surface area contributed by atoms with Gasteiger partial charge in [0.25, 0.3) is 0 Å². The van der Waals surface area contributed by atoms with E-state index in [1.807, 2.05) is 24.3 Å². The SMILES string of the molecule is COC(Cc1ccc(C(C)C)cc1F)N[C@H]1CCN(c2ccc(C#N)nn2)C1. The van der Waals surface area contributed by atoms with Crippen LogP contribution in [-0.2, 0) is 11.2 Å². The number of nitrogens with one attached hydrogen (secondary N) is 1. The molecule has 1 N–H and O–H groups in total. The molecule has 1 aromatic heterocycles. The molecule has 2 heterocycles. The number of methoxy groups -OCH3 is 1. The van der Waals surface area contributed by atoms with Crippen LogP contribution in [0.4, 0.5) is 10.2 Å². The van der Waals surface area contributed by atoms with Crippen LogP contribution in [0.5, 0.6) is 0 Å². The van der Waals surface area contributed by atoms with Gasteiger partial charge in [-0.1, -0.05) is 26.0 Å². The standard InChI is InChI=1S/C21H26FN5O/c1-14(2)15-4-5-16(19(22)10-15)11-21(28-3)24-18-8-9-27(13-18)20-7-6-17(12-23)25-26-20/h4-7,10,14,18,21,24H,8-9,11,13H2,1-3H3/t18-,21?/m0/s1. The second-order valence-electron chi connectivity index (χ2n) is 7.42. The lowest BCUT2D eigenvalue weighted by atomic mass is 10.00. The summed E-state index contributed by atoms with van der Waals surface area (Å²) in [6, 6.07) is 11.1. The molecule has 1 aromatic carbocycles. The van der Waals surface area contributed by atoms with E-state index in [9.17, 15) is 4.39 Å². The van der Waals surface area contributed by atoms with Crippen molar-refractivity contribution in [3.8, 4) is 6.07 Å². The zero-order valence-corrected chi connectivity index (χ0v) is 16.5. The van der Waals surface area contributed by atoms with Crippen LogP contribution in [0.3, 0.4) is 0 Å². The largest absolute Gasteiger partial charge is 0.366 e. The van der Waals surface area contributed by atoms with E-state index in [4.69, 9.17) is 10.00 Å². The minimum atomic E-state index is -0.267. The number of hydrogen-bond acceptors (Lipinski definition) is 6. The van der Waals surface area contributed by atoms with E-state index < -0.39 is 0 Å². The van der Waals surface area contributed by atoms with Gasteiger partial charge in [-0.25, -0.2) is 4.39 Å². The Morgan fingerprint density at radius 3 is 2.75 bits per heavy atom. The number of hydrogen-bond donors (Lipinski definition) is 1. The van der Waals surface area contributed by atoms with E-state index >= 15 is 0 Å². The van der Waals surface area contributed by atoms with E-state index in [-0.39, 0.29) is 18.1 Å². The van der Waals surface area contributed by atoms with Gasteiger partial charge in [0, 0.05) is 32.7 Å². The first kappa shape index (κ1) is 20.2. The summed E-state index contributed by atoms with van der Waals surface area (Å²) in [6.07, 6.45) is 1.13. The number of halogens is 1. The van der Waals surface area contributed by atoms with Crippen LogP contribution >= 0.6 is 0 Å². The average molecular weight is 383 g/mol. The van der Waals surface area contributed by atoms with Crippen LogP contribution in [0, 0.1) is 17.1 Å². The molecule has 0 radical (unpaired) electrons. The minimum absolute atomic E-state index is 0.184. The Kier molecular flexibility index (Phi) is 6.55. The molecule has 7 heteroatoms. The van der Waals surface area contributed by atoms with Crippen molar-refractivity contribution >= 4 is 5.82 Å². The van der Waals surface area contributed by atoms with Gasteiger partial charge in [-0.15, -0.1) is 10.2 Å². The Hall–Kier alpha value is -2.56. The molecule has 1 aliphatic rings. The summed E-state index contributed by atoms with van der Waals surface area (Å²) in [5.41, 5.74) is 1.96. The number of nitriles is 1. The second kappa shape index (κ2) is 9.09. The quantitative estimate of drug-likeness (QED) is 0.741. The monoisotopic (exact) mass is 383 g/mol. The van der Waals surface area contributed by atoms with E-state index in [1.165, 1.54) is 0 Å². The third-order valence-electron chi connectivity index (χ3n) is 5.13. The maximum absolute atomic E-state index is 14.4. The summed E-state index contributed by atoms with van der Waals surface area (Å²) in [5.74, 6) is 0.873. The van der Waals surface area contributed by atoms with Crippen molar-refractivity contribution in [3.05, 3.63) is 53.0 Å². The molecule has 0 bridgehead atoms. The third-order valence-corrected chi connectivity index (χ3v) is 5.13. The molecule has 28 heavy (non-hydrogen) atoms. The average Bonchev–Trinajstić information content (AvgIpc) is 3.17. The Balaban J connectivity index is 1.58. The molecular weight excluding hydrogens is 357 g/mol. The van der Waals surface area contributed by atoms with Gasteiger partial charge in [-0.3, -0.25) is 5.32 Å². The van der Waals surface area contributed by atoms with Crippen LogP contribution in [0.2, 0.25) is 0 Å². The highest BCUT2D eigenvalue weighted by Crippen LogP contribution is 2.21. The van der Waals surface area contributed by atoms with E-state index in [0.29, 0.717) is 23.6 Å². The summed E-state index contributed by atoms with van der Waals surface area (Å²) in [5, 5.41) is 20.3. The zero-order valence-electron chi connectivity index (χ0n) is 16.5. The predicted octanol–water partition coefficient (Wildman–Crippen LogP) is 2.99. The molecular formula is C21H26FN5O. The minimum Gasteiger partial charge on any atom is -0.366 e. The molecule has 3 rings (SSSR count). The lowest BCUT2D eigenvalue weighted by Crippen LogP contribution is -2.42. The number of benzene rings is 1. The highest BCUT2D eigenvalue weighted by atomic mass is 19.1. The third kappa shape index (κ3) is 4.83. The zero-order chi connectivity index (χ0) is 20.1. The number of aromatic nitrogens is 2. The summed E-state index contributed by atoms with van der Waals surface area (Å²) < 4.78 is 20.0. The molecule has 2 aromatic rings. The number of ether oxygens (including phenoxy) is 1. The number of anilines is 1. The topological polar surface area (TPSA) is 74.1 Å². The lowest BCUT2D eigenvalue weighted by Gasteiger charge is -2.23. The Morgan fingerprint density at radius 1 is 1.32 bits per heavy atom. The first-order valence-electron chi connectivity index (χ1n) is 9.56. The molecule has 0 aliphatic carbocycles. The van der Waals surface area contributed by atoms with E-state index in [2.05, 4.69) is 34.3 Å². The smallest absolute Gasteiger partial charge is 0.163 e. The van der Waals surface area contributed by atoms with Crippen molar-refractivity contribution in [2.45, 2.75) is 44.9 Å². The van der Waals surface area contributed by atoms with Gasteiger partial charge in [0.15, 0.2) is 11.5 Å². The normalized spacial score (nSPS) is 17.7.